The molecule has 0 aliphatic carbocycles. The lowest BCUT2D eigenvalue weighted by Gasteiger charge is -2.12. The number of benzene rings is 1. The minimum atomic E-state index is 0.248. The molecule has 0 amide bonds. The first-order chi connectivity index (χ1) is 10.8. The zero-order valence-corrected chi connectivity index (χ0v) is 11.7. The molecule has 4 rings (SSSR count). The topological polar surface area (TPSA) is 92.0 Å². The zero-order chi connectivity index (χ0) is 14.9. The van der Waals surface area contributed by atoms with Gasteiger partial charge in [-0.15, -0.1) is 0 Å². The number of H-pyrrole nitrogens is 1. The highest BCUT2D eigenvalue weighted by atomic mass is 15.1. The van der Waals surface area contributed by atoms with Crippen LogP contribution in [0.2, 0.25) is 0 Å². The fourth-order valence-electron chi connectivity index (χ4n) is 2.62. The van der Waals surface area contributed by atoms with Gasteiger partial charge < -0.3 is 16.0 Å². The first-order valence-electron chi connectivity index (χ1n) is 6.96. The van der Waals surface area contributed by atoms with E-state index in [1.807, 2.05) is 18.5 Å². The maximum Gasteiger partial charge on any atom is 0.221 e. The van der Waals surface area contributed by atoms with Crippen molar-refractivity contribution in [2.45, 2.75) is 6.54 Å². The van der Waals surface area contributed by atoms with Gasteiger partial charge in [0.1, 0.15) is 5.82 Å². The summed E-state index contributed by atoms with van der Waals surface area (Å²) in [5, 5.41) is 3.27. The number of aromatic amines is 1. The highest BCUT2D eigenvalue weighted by molar-refractivity contribution is 5.91. The molecule has 6 heteroatoms. The van der Waals surface area contributed by atoms with Crippen LogP contribution in [0.25, 0.3) is 11.3 Å². The third kappa shape index (κ3) is 2.20. The fourth-order valence-corrected chi connectivity index (χ4v) is 2.62. The van der Waals surface area contributed by atoms with Gasteiger partial charge in [0, 0.05) is 41.1 Å². The van der Waals surface area contributed by atoms with Crippen LogP contribution in [0.15, 0.2) is 47.7 Å². The van der Waals surface area contributed by atoms with E-state index < -0.39 is 0 Å². The molecular formula is C16H14N6. The number of fused-ring (bicyclic) bond motifs is 1. The maximum absolute atomic E-state index is 5.62. The van der Waals surface area contributed by atoms with E-state index in [1.165, 1.54) is 5.56 Å². The minimum Gasteiger partial charge on any atom is -0.368 e. The SMILES string of the molecule is Nc1nccc(Nc2cc3c(c(-c4ccc[nH]4)c2)CN=C3)n1. The second-order valence-corrected chi connectivity index (χ2v) is 5.07. The van der Waals surface area contributed by atoms with Crippen molar-refractivity contribution >= 4 is 23.7 Å². The standard InChI is InChI=1S/C16H14N6/c17-16-20-5-3-15(22-16)21-11-6-10-8-18-9-13(10)12(7-11)14-2-1-4-19-14/h1-8,19H,9H2,(H3,17,20,21,22). The largest absolute Gasteiger partial charge is 0.368 e. The summed E-state index contributed by atoms with van der Waals surface area (Å²) in [4.78, 5) is 15.7. The molecule has 6 nitrogen and oxygen atoms in total. The van der Waals surface area contributed by atoms with E-state index >= 15 is 0 Å². The van der Waals surface area contributed by atoms with Crippen molar-refractivity contribution in [1.82, 2.24) is 15.0 Å². The third-order valence-electron chi connectivity index (χ3n) is 3.60. The molecule has 1 aliphatic heterocycles. The second kappa shape index (κ2) is 5.00. The highest BCUT2D eigenvalue weighted by Crippen LogP contribution is 2.32. The molecule has 2 aromatic heterocycles. The molecule has 1 aromatic carbocycles. The summed E-state index contributed by atoms with van der Waals surface area (Å²) in [7, 11) is 0. The molecule has 1 aliphatic rings. The van der Waals surface area contributed by atoms with Gasteiger partial charge in [-0.25, -0.2) is 4.98 Å². The molecule has 0 unspecified atom stereocenters. The van der Waals surface area contributed by atoms with Gasteiger partial charge in [-0.1, -0.05) is 0 Å². The van der Waals surface area contributed by atoms with Crippen molar-refractivity contribution in [3.05, 3.63) is 53.9 Å². The van der Waals surface area contributed by atoms with Gasteiger partial charge in [-0.05, 0) is 35.9 Å². The first kappa shape index (κ1) is 12.6. The van der Waals surface area contributed by atoms with Gasteiger partial charge in [0.25, 0.3) is 0 Å². The average Bonchev–Trinajstić information content (AvgIpc) is 3.18. The van der Waals surface area contributed by atoms with Crippen LogP contribution >= 0.6 is 0 Å². The molecule has 3 heterocycles. The average molecular weight is 290 g/mol. The summed E-state index contributed by atoms with van der Waals surface area (Å²) in [6.45, 7) is 0.713. The monoisotopic (exact) mass is 290 g/mol. The van der Waals surface area contributed by atoms with Crippen molar-refractivity contribution in [2.75, 3.05) is 11.1 Å². The Hall–Kier alpha value is -3.15. The van der Waals surface area contributed by atoms with Gasteiger partial charge in [-0.2, -0.15) is 4.98 Å². The second-order valence-electron chi connectivity index (χ2n) is 5.07. The van der Waals surface area contributed by atoms with Crippen LogP contribution in [0.5, 0.6) is 0 Å². The van der Waals surface area contributed by atoms with Crippen molar-refractivity contribution in [1.29, 1.82) is 0 Å². The molecular weight excluding hydrogens is 276 g/mol. The molecule has 3 aromatic rings. The van der Waals surface area contributed by atoms with Gasteiger partial charge in [0.05, 0.1) is 6.54 Å². The van der Waals surface area contributed by atoms with E-state index in [-0.39, 0.29) is 5.95 Å². The molecule has 0 saturated carbocycles. The number of nitrogens with zero attached hydrogens (tertiary/aromatic N) is 3. The Labute approximate surface area is 127 Å². The Bertz CT molecular complexity index is 851. The van der Waals surface area contributed by atoms with Gasteiger partial charge in [0.15, 0.2) is 0 Å². The van der Waals surface area contributed by atoms with Crippen LogP contribution < -0.4 is 11.1 Å². The molecule has 0 bridgehead atoms. The van der Waals surface area contributed by atoms with Crippen LogP contribution in [0.1, 0.15) is 11.1 Å². The quantitative estimate of drug-likeness (QED) is 0.691. The van der Waals surface area contributed by atoms with Crippen molar-refractivity contribution in [2.24, 2.45) is 4.99 Å². The predicted octanol–water partition coefficient (Wildman–Crippen LogP) is 2.73. The summed E-state index contributed by atoms with van der Waals surface area (Å²) in [6.07, 6.45) is 5.45. The van der Waals surface area contributed by atoms with Gasteiger partial charge in [0.2, 0.25) is 5.95 Å². The first-order valence-corrected chi connectivity index (χ1v) is 6.96. The molecule has 0 radical (unpaired) electrons. The molecule has 108 valence electrons. The van der Waals surface area contributed by atoms with Crippen LogP contribution in [0.4, 0.5) is 17.5 Å². The minimum absolute atomic E-state index is 0.248. The summed E-state index contributed by atoms with van der Waals surface area (Å²) in [6, 6.07) is 9.99. The number of nitrogen functional groups attached to an aromatic ring is 1. The molecule has 4 N–H and O–H groups in total. The number of rotatable bonds is 3. The Kier molecular flexibility index (Phi) is 2.86. The van der Waals surface area contributed by atoms with Crippen LogP contribution in [-0.4, -0.2) is 21.2 Å². The van der Waals surface area contributed by atoms with Crippen LogP contribution in [-0.2, 0) is 6.54 Å². The number of aromatic nitrogens is 3. The molecule has 0 atom stereocenters. The molecule has 0 saturated heterocycles. The Morgan fingerprint density at radius 2 is 2.18 bits per heavy atom. The fraction of sp³-hybridized carbons (Fsp3) is 0.0625. The number of hydrogen-bond donors (Lipinski definition) is 3. The summed E-state index contributed by atoms with van der Waals surface area (Å²) < 4.78 is 0. The Morgan fingerprint density at radius 1 is 1.23 bits per heavy atom. The van der Waals surface area contributed by atoms with Gasteiger partial charge in [-0.3, -0.25) is 4.99 Å². The van der Waals surface area contributed by atoms with E-state index in [0.29, 0.717) is 12.4 Å². The number of anilines is 3. The summed E-state index contributed by atoms with van der Waals surface area (Å²) in [5.74, 6) is 0.914. The molecule has 22 heavy (non-hydrogen) atoms. The number of nitrogens with one attached hydrogen (secondary N) is 2. The van der Waals surface area contributed by atoms with E-state index in [1.54, 1.807) is 12.3 Å². The number of aliphatic imine (C=N–C) groups is 1. The lowest BCUT2D eigenvalue weighted by molar-refractivity contribution is 1.11. The third-order valence-corrected chi connectivity index (χ3v) is 3.60. The highest BCUT2D eigenvalue weighted by Gasteiger charge is 2.15. The Balaban J connectivity index is 1.77. The molecule has 0 fully saturated rings. The summed E-state index contributed by atoms with van der Waals surface area (Å²) >= 11 is 0. The lowest BCUT2D eigenvalue weighted by Crippen LogP contribution is -2.00. The lowest BCUT2D eigenvalue weighted by atomic mass is 9.99. The zero-order valence-electron chi connectivity index (χ0n) is 11.7. The van der Waals surface area contributed by atoms with Crippen LogP contribution in [0.3, 0.4) is 0 Å². The normalized spacial score (nSPS) is 12.4. The van der Waals surface area contributed by atoms with Crippen molar-refractivity contribution < 1.29 is 0 Å². The Morgan fingerprint density at radius 3 is 3.00 bits per heavy atom. The van der Waals surface area contributed by atoms with E-state index in [0.717, 1.165) is 22.5 Å². The van der Waals surface area contributed by atoms with Crippen molar-refractivity contribution in [3.63, 3.8) is 0 Å². The predicted molar refractivity (Wildman–Crippen MR) is 87.3 cm³/mol. The smallest absolute Gasteiger partial charge is 0.221 e. The maximum atomic E-state index is 5.62. The number of nitrogens with two attached hydrogens (primary N) is 1. The van der Waals surface area contributed by atoms with E-state index in [4.69, 9.17) is 5.73 Å². The van der Waals surface area contributed by atoms with E-state index in [9.17, 15) is 0 Å². The van der Waals surface area contributed by atoms with Gasteiger partial charge >= 0.3 is 0 Å². The molecule has 0 spiro atoms. The van der Waals surface area contributed by atoms with Crippen molar-refractivity contribution in [3.8, 4) is 11.3 Å². The summed E-state index contributed by atoms with van der Waals surface area (Å²) in [5.41, 5.74) is 11.1. The number of hydrogen-bond acceptors (Lipinski definition) is 5. The van der Waals surface area contributed by atoms with E-state index in [2.05, 4.69) is 43.5 Å². The van der Waals surface area contributed by atoms with Crippen LogP contribution in [0, 0.1) is 0 Å².